The van der Waals surface area contributed by atoms with Gasteiger partial charge in [-0.1, -0.05) is 11.6 Å². The predicted molar refractivity (Wildman–Crippen MR) is 127 cm³/mol. The van der Waals surface area contributed by atoms with Gasteiger partial charge < -0.3 is 4.98 Å². The van der Waals surface area contributed by atoms with Crippen molar-refractivity contribution in [1.82, 2.24) is 19.9 Å². The van der Waals surface area contributed by atoms with Gasteiger partial charge in [0.15, 0.2) is 0 Å². The van der Waals surface area contributed by atoms with Crippen molar-refractivity contribution in [2.75, 3.05) is 0 Å². The zero-order valence-corrected chi connectivity index (χ0v) is 22.0. The van der Waals surface area contributed by atoms with Gasteiger partial charge in [-0.05, 0) is 45.9 Å². The monoisotopic (exact) mass is 638 g/mol. The normalized spacial score (nSPS) is 12.2. The third-order valence-electron chi connectivity index (χ3n) is 3.47. The first-order chi connectivity index (χ1) is 15.9. The van der Waals surface area contributed by atoms with Crippen LogP contribution in [0.5, 0.6) is 0 Å². The van der Waals surface area contributed by atoms with Crippen LogP contribution in [0.25, 0.3) is 20.4 Å². The van der Waals surface area contributed by atoms with Crippen LogP contribution in [0.2, 0.25) is 5.15 Å². The average Bonchev–Trinajstić information content (AvgIpc) is 3.22. The number of aromatic nitrogens is 4. The lowest BCUT2D eigenvalue weighted by Crippen LogP contribution is -2.10. The van der Waals surface area contributed by atoms with Gasteiger partial charge in [0.25, 0.3) is 5.56 Å². The molecule has 0 fully saturated rings. The van der Waals surface area contributed by atoms with E-state index in [2.05, 4.69) is 53.7 Å². The molecule has 0 spiro atoms. The Hall–Kier alpha value is -1.15. The fourth-order valence-electron chi connectivity index (χ4n) is 2.36. The van der Waals surface area contributed by atoms with Gasteiger partial charge in [-0.3, -0.25) is 9.36 Å². The maximum Gasteiger partial charge on any atom is 0.393 e. The van der Waals surface area contributed by atoms with Crippen LogP contribution in [0.4, 0.5) is 26.3 Å². The Morgan fingerprint density at radius 3 is 1.74 bits per heavy atom. The van der Waals surface area contributed by atoms with Crippen molar-refractivity contribution in [2.24, 2.45) is 0 Å². The molecule has 0 radical (unpaired) electrons. The summed E-state index contributed by atoms with van der Waals surface area (Å²) >= 11 is 21.4. The van der Waals surface area contributed by atoms with Crippen LogP contribution in [0.3, 0.4) is 0 Å². The summed E-state index contributed by atoms with van der Waals surface area (Å²) in [6.45, 7) is 0. The number of halogens is 10. The lowest BCUT2D eigenvalue weighted by atomic mass is 10.3. The Morgan fingerprint density at radius 1 is 0.857 bits per heavy atom. The molecule has 6 nitrogen and oxygen atoms in total. The summed E-state index contributed by atoms with van der Waals surface area (Å²) in [6.07, 6.45) is -8.02. The van der Waals surface area contributed by atoms with Crippen LogP contribution in [-0.2, 0) is 17.4 Å². The van der Waals surface area contributed by atoms with Gasteiger partial charge in [0.1, 0.15) is 21.1 Å². The quantitative estimate of drug-likeness (QED) is 0.135. The molecule has 0 aromatic carbocycles. The first-order valence-corrected chi connectivity index (χ1v) is 15.0. The van der Waals surface area contributed by atoms with E-state index >= 15 is 0 Å². The number of thiophene rings is 2. The third kappa shape index (κ3) is 11.2. The van der Waals surface area contributed by atoms with Gasteiger partial charge in [-0.2, -0.15) is 26.3 Å². The summed E-state index contributed by atoms with van der Waals surface area (Å²) < 4.78 is 82.0. The molecule has 0 bridgehead atoms. The van der Waals surface area contributed by atoms with Crippen molar-refractivity contribution < 1.29 is 30.9 Å². The molecular weight excluding hydrogens is 631 g/mol. The minimum atomic E-state index is -4.26. The fraction of sp³-hybridized carbons (Fsp3) is 0.250. The molecule has 1 N–H and O–H groups in total. The highest BCUT2D eigenvalue weighted by molar-refractivity contribution is 8.24. The SMILES string of the molecule is FC(F)(F)Cc1cc2c(Cl)ncnc2s1.O=P(Cl)(Cl)Cl.O=c1[nH]cnc2sc(CC(F)(F)F)cc12. The highest BCUT2D eigenvalue weighted by atomic mass is 36.0. The molecule has 4 aromatic rings. The summed E-state index contributed by atoms with van der Waals surface area (Å²) in [6, 6.07) is 2.62. The van der Waals surface area contributed by atoms with E-state index in [1.54, 1.807) is 0 Å². The molecule has 4 rings (SSSR count). The van der Waals surface area contributed by atoms with E-state index in [0.29, 0.717) is 15.0 Å². The van der Waals surface area contributed by atoms with Crippen LogP contribution < -0.4 is 5.56 Å². The van der Waals surface area contributed by atoms with Gasteiger partial charge >= 0.3 is 17.6 Å². The van der Waals surface area contributed by atoms with Gasteiger partial charge in [0.05, 0.1) is 24.6 Å². The zero-order valence-electron chi connectivity index (χ0n) is 16.4. The van der Waals surface area contributed by atoms with E-state index < -0.39 is 36.0 Å². The molecule has 0 aliphatic heterocycles. The Bertz CT molecular complexity index is 1390. The largest absolute Gasteiger partial charge is 0.393 e. The Balaban J connectivity index is 0.000000208. The van der Waals surface area contributed by atoms with Crippen molar-refractivity contribution in [2.45, 2.75) is 25.2 Å². The van der Waals surface area contributed by atoms with Crippen LogP contribution in [0.1, 0.15) is 9.75 Å². The van der Waals surface area contributed by atoms with Crippen LogP contribution >= 0.6 is 73.2 Å². The summed E-state index contributed by atoms with van der Waals surface area (Å²) in [5.41, 5.74) is -0.412. The van der Waals surface area contributed by atoms with Crippen LogP contribution in [0, 0.1) is 0 Å². The Kier molecular flexibility index (Phi) is 10.3. The Morgan fingerprint density at radius 2 is 1.31 bits per heavy atom. The number of H-pyrrole nitrogens is 1. The molecule has 4 aromatic heterocycles. The van der Waals surface area contributed by atoms with Crippen molar-refractivity contribution in [1.29, 1.82) is 0 Å². The summed E-state index contributed by atoms with van der Waals surface area (Å²) in [5, 5.41) is -2.35. The van der Waals surface area contributed by atoms with E-state index in [9.17, 15) is 35.7 Å². The molecule has 4 heterocycles. The fourth-order valence-corrected chi connectivity index (χ4v) is 4.66. The minimum absolute atomic E-state index is 0.0988. The first kappa shape index (κ1) is 30.1. The van der Waals surface area contributed by atoms with Crippen LogP contribution in [0.15, 0.2) is 29.6 Å². The van der Waals surface area contributed by atoms with Crippen molar-refractivity contribution in [3.05, 3.63) is 50.0 Å². The first-order valence-electron chi connectivity index (χ1n) is 8.59. The maximum atomic E-state index is 12.1. The number of aromatic amines is 1. The molecule has 0 aliphatic carbocycles. The molecule has 192 valence electrons. The number of nitrogens with one attached hydrogen (secondary N) is 1. The lowest BCUT2D eigenvalue weighted by Gasteiger charge is -2.01. The van der Waals surface area contributed by atoms with E-state index in [1.165, 1.54) is 24.8 Å². The molecule has 0 amide bonds. The second-order valence-electron chi connectivity index (χ2n) is 6.24. The van der Waals surface area contributed by atoms with E-state index in [4.69, 9.17) is 11.6 Å². The minimum Gasteiger partial charge on any atom is -0.313 e. The number of alkyl halides is 6. The highest BCUT2D eigenvalue weighted by Gasteiger charge is 2.29. The number of rotatable bonds is 2. The standard InChI is InChI=1S/C8H4ClF3N2S.C8H5F3N2OS.Cl3OP/c9-6-5-1-4(2-8(10,11)12)15-7(5)14-3-13-6;9-8(10,11)2-4-1-5-6(14)12-3-13-7(5)15-4;1-5(2,3)4/h1,3H,2H2;1,3H,2H2,(H,12,13,14);. The molecule has 0 saturated carbocycles. The number of fused-ring (bicyclic) bond motifs is 2. The Labute approximate surface area is 219 Å². The molecule has 35 heavy (non-hydrogen) atoms. The second-order valence-corrected chi connectivity index (χ2v) is 15.5. The van der Waals surface area contributed by atoms with E-state index in [-0.39, 0.29) is 20.3 Å². The maximum absolute atomic E-state index is 12.1. The summed E-state index contributed by atoms with van der Waals surface area (Å²) in [5.74, 6) is 0. The number of hydrogen-bond donors (Lipinski definition) is 1. The van der Waals surface area contributed by atoms with E-state index in [1.807, 2.05) is 0 Å². The molecule has 0 unspecified atom stereocenters. The van der Waals surface area contributed by atoms with Crippen LogP contribution in [-0.4, -0.2) is 32.3 Å². The zero-order chi connectivity index (χ0) is 26.6. The molecule has 0 aliphatic rings. The smallest absolute Gasteiger partial charge is 0.313 e. The lowest BCUT2D eigenvalue weighted by molar-refractivity contribution is -0.127. The van der Waals surface area contributed by atoms with Crippen molar-refractivity contribution in [3.63, 3.8) is 0 Å². The molecule has 19 heteroatoms. The van der Waals surface area contributed by atoms with Crippen molar-refractivity contribution >= 4 is 93.6 Å². The third-order valence-corrected chi connectivity index (χ3v) is 5.85. The number of hydrogen-bond acceptors (Lipinski definition) is 7. The predicted octanol–water partition coefficient (Wildman–Crippen LogP) is 8.35. The van der Waals surface area contributed by atoms with E-state index in [0.717, 1.165) is 22.7 Å². The highest BCUT2D eigenvalue weighted by Crippen LogP contribution is 2.61. The van der Waals surface area contributed by atoms with Gasteiger partial charge in [-0.15, -0.1) is 22.7 Å². The van der Waals surface area contributed by atoms with Gasteiger partial charge in [0, 0.05) is 15.1 Å². The summed E-state index contributed by atoms with van der Waals surface area (Å²) in [7, 11) is 0. The van der Waals surface area contributed by atoms with Gasteiger partial charge in [0.2, 0.25) is 0 Å². The molecule has 0 saturated heterocycles. The molecular formula is C16H9Cl4F6N4O2PS2. The summed E-state index contributed by atoms with van der Waals surface area (Å²) in [4.78, 5) is 25.9. The average molecular weight is 640 g/mol. The number of nitrogens with zero attached hydrogens (tertiary/aromatic N) is 3. The van der Waals surface area contributed by atoms with Crippen molar-refractivity contribution in [3.8, 4) is 0 Å². The molecule has 0 atom stereocenters. The second kappa shape index (κ2) is 11.9. The van der Waals surface area contributed by atoms with Gasteiger partial charge in [-0.25, -0.2) is 15.0 Å². The topological polar surface area (TPSA) is 88.6 Å².